The molecule has 0 radical (unpaired) electrons. The normalized spacial score (nSPS) is 17.6. The fourth-order valence-electron chi connectivity index (χ4n) is 1.93. The molecule has 1 aliphatic rings. The molecule has 0 saturated heterocycles. The minimum atomic E-state index is -1.09. The molecule has 1 fully saturated rings. The largest absolute Gasteiger partial charge is 0.505 e. The highest BCUT2D eigenvalue weighted by molar-refractivity contribution is 6.01. The van der Waals surface area contributed by atoms with Crippen molar-refractivity contribution in [1.29, 1.82) is 0 Å². The highest BCUT2D eigenvalue weighted by Crippen LogP contribution is 2.40. The van der Waals surface area contributed by atoms with E-state index in [2.05, 4.69) is 5.32 Å². The number of carbonyl (C=O) groups excluding carboxylic acids is 1. The molecule has 102 valence electrons. The van der Waals surface area contributed by atoms with Crippen LogP contribution in [0.5, 0.6) is 5.75 Å². The molecule has 1 saturated carbocycles. The first-order valence-corrected chi connectivity index (χ1v) is 5.90. The minimum Gasteiger partial charge on any atom is -0.505 e. The van der Waals surface area contributed by atoms with E-state index < -0.39 is 16.4 Å². The Morgan fingerprint density at radius 2 is 2.21 bits per heavy atom. The van der Waals surface area contributed by atoms with Gasteiger partial charge in [-0.15, -0.1) is 0 Å². The average molecular weight is 265 g/mol. The summed E-state index contributed by atoms with van der Waals surface area (Å²) in [5.41, 5.74) is 4.26. The van der Waals surface area contributed by atoms with Gasteiger partial charge in [-0.3, -0.25) is 14.9 Å². The topological polar surface area (TPSA) is 118 Å². The van der Waals surface area contributed by atoms with Gasteiger partial charge in [-0.25, -0.2) is 0 Å². The van der Waals surface area contributed by atoms with E-state index in [1.807, 2.05) is 0 Å². The first kappa shape index (κ1) is 13.3. The van der Waals surface area contributed by atoms with Gasteiger partial charge in [0.25, 0.3) is 5.69 Å². The quantitative estimate of drug-likeness (QED) is 0.431. The molecule has 1 aliphatic carbocycles. The maximum absolute atomic E-state index is 12.1. The summed E-state index contributed by atoms with van der Waals surface area (Å²) in [7, 11) is 0. The number of nitrogens with one attached hydrogen (secondary N) is 1. The number of nitrogens with two attached hydrogens (primary N) is 1. The molecular weight excluding hydrogens is 250 g/mol. The Kier molecular flexibility index (Phi) is 3.15. The Hall–Kier alpha value is -2.15. The summed E-state index contributed by atoms with van der Waals surface area (Å²) >= 11 is 0. The van der Waals surface area contributed by atoms with Gasteiger partial charge >= 0.3 is 0 Å². The summed E-state index contributed by atoms with van der Waals surface area (Å²) in [5.74, 6) is -0.800. The van der Waals surface area contributed by atoms with E-state index in [-0.39, 0.29) is 23.0 Å². The van der Waals surface area contributed by atoms with Crippen LogP contribution in [0.3, 0.4) is 0 Å². The Balaban J connectivity index is 2.28. The monoisotopic (exact) mass is 265 g/mol. The van der Waals surface area contributed by atoms with Crippen molar-refractivity contribution >= 4 is 17.3 Å². The lowest BCUT2D eigenvalue weighted by atomic mass is 9.96. The number of phenols is 1. The lowest BCUT2D eigenvalue weighted by Crippen LogP contribution is -2.50. The zero-order chi connectivity index (χ0) is 14.2. The second-order valence-electron chi connectivity index (χ2n) is 4.94. The number of anilines is 1. The van der Waals surface area contributed by atoms with Crippen molar-refractivity contribution in [3.8, 4) is 5.75 Å². The maximum atomic E-state index is 12.1. The Labute approximate surface area is 109 Å². The van der Waals surface area contributed by atoms with Crippen molar-refractivity contribution in [3.05, 3.63) is 28.3 Å². The molecule has 1 atom stereocenters. The van der Waals surface area contributed by atoms with Crippen LogP contribution in [0.15, 0.2) is 18.2 Å². The van der Waals surface area contributed by atoms with E-state index in [0.717, 1.165) is 12.8 Å². The molecule has 19 heavy (non-hydrogen) atoms. The molecule has 1 aromatic carbocycles. The standard InChI is InChI=1S/C12H15N3O4/c1-12(13,7-5-6-7)11(17)14-10-8(15(18)19)3-2-4-9(10)16/h2-4,7,16H,5-6,13H2,1H3,(H,14,17). The van der Waals surface area contributed by atoms with Crippen LogP contribution in [0.25, 0.3) is 0 Å². The van der Waals surface area contributed by atoms with Crippen molar-refractivity contribution in [1.82, 2.24) is 0 Å². The lowest BCUT2D eigenvalue weighted by molar-refractivity contribution is -0.384. The molecule has 1 unspecified atom stereocenters. The third-order valence-electron chi connectivity index (χ3n) is 3.37. The highest BCUT2D eigenvalue weighted by atomic mass is 16.6. The van der Waals surface area contributed by atoms with Crippen molar-refractivity contribution in [2.24, 2.45) is 11.7 Å². The third-order valence-corrected chi connectivity index (χ3v) is 3.37. The van der Waals surface area contributed by atoms with Crippen molar-refractivity contribution in [2.75, 3.05) is 5.32 Å². The molecule has 4 N–H and O–H groups in total. The number of nitro benzene ring substituents is 1. The number of para-hydroxylation sites is 1. The Morgan fingerprint density at radius 3 is 2.74 bits per heavy atom. The van der Waals surface area contributed by atoms with Crippen LogP contribution < -0.4 is 11.1 Å². The van der Waals surface area contributed by atoms with Crippen LogP contribution in [0.2, 0.25) is 0 Å². The third kappa shape index (κ3) is 2.50. The number of hydrogen-bond donors (Lipinski definition) is 3. The second kappa shape index (κ2) is 4.51. The average Bonchev–Trinajstić information content (AvgIpc) is 3.15. The van der Waals surface area contributed by atoms with Crippen LogP contribution in [0.4, 0.5) is 11.4 Å². The number of phenolic OH excluding ortho intramolecular Hbond substituents is 1. The number of carbonyl (C=O) groups is 1. The van der Waals surface area contributed by atoms with Gasteiger partial charge in [-0.2, -0.15) is 0 Å². The van der Waals surface area contributed by atoms with Gasteiger partial charge in [0.15, 0.2) is 5.69 Å². The molecule has 1 amide bonds. The maximum Gasteiger partial charge on any atom is 0.296 e. The van der Waals surface area contributed by atoms with Crippen LogP contribution in [0, 0.1) is 16.0 Å². The van der Waals surface area contributed by atoms with E-state index in [1.54, 1.807) is 6.92 Å². The molecule has 0 bridgehead atoms. The van der Waals surface area contributed by atoms with Crippen LogP contribution in [0.1, 0.15) is 19.8 Å². The zero-order valence-electron chi connectivity index (χ0n) is 10.4. The van der Waals surface area contributed by atoms with Gasteiger partial charge < -0.3 is 16.2 Å². The van der Waals surface area contributed by atoms with E-state index in [1.165, 1.54) is 18.2 Å². The van der Waals surface area contributed by atoms with Gasteiger partial charge in [-0.05, 0) is 31.7 Å². The first-order chi connectivity index (χ1) is 8.84. The lowest BCUT2D eigenvalue weighted by Gasteiger charge is -2.23. The fourth-order valence-corrected chi connectivity index (χ4v) is 1.93. The van der Waals surface area contributed by atoms with E-state index >= 15 is 0 Å². The minimum absolute atomic E-state index is 0.0809. The fraction of sp³-hybridized carbons (Fsp3) is 0.417. The van der Waals surface area contributed by atoms with Gasteiger partial charge in [0, 0.05) is 6.07 Å². The number of rotatable bonds is 4. The van der Waals surface area contributed by atoms with Gasteiger partial charge in [-0.1, -0.05) is 6.07 Å². The summed E-state index contributed by atoms with van der Waals surface area (Å²) in [5, 5.41) is 22.9. The van der Waals surface area contributed by atoms with Gasteiger partial charge in [0.1, 0.15) is 5.75 Å². The predicted octanol–water partition coefficient (Wildman–Crippen LogP) is 1.37. The summed E-state index contributed by atoms with van der Waals surface area (Å²) in [6.07, 6.45) is 1.73. The molecular formula is C12H15N3O4. The van der Waals surface area contributed by atoms with Crippen LogP contribution >= 0.6 is 0 Å². The smallest absolute Gasteiger partial charge is 0.296 e. The molecule has 7 nitrogen and oxygen atoms in total. The highest BCUT2D eigenvalue weighted by Gasteiger charge is 2.44. The number of nitrogens with zero attached hydrogens (tertiary/aromatic N) is 1. The molecule has 0 heterocycles. The Morgan fingerprint density at radius 1 is 1.58 bits per heavy atom. The van der Waals surface area contributed by atoms with Crippen molar-refractivity contribution in [3.63, 3.8) is 0 Å². The van der Waals surface area contributed by atoms with E-state index in [0.29, 0.717) is 0 Å². The van der Waals surface area contributed by atoms with Crippen molar-refractivity contribution in [2.45, 2.75) is 25.3 Å². The molecule has 1 aromatic rings. The number of nitro groups is 1. The first-order valence-electron chi connectivity index (χ1n) is 5.90. The molecule has 0 aliphatic heterocycles. The summed E-state index contributed by atoms with van der Waals surface area (Å²) in [4.78, 5) is 22.3. The SMILES string of the molecule is CC(N)(C(=O)Nc1c(O)cccc1[N+](=O)[O-])C1CC1. The summed E-state index contributed by atoms with van der Waals surface area (Å²) in [6.45, 7) is 1.59. The predicted molar refractivity (Wildman–Crippen MR) is 68.7 cm³/mol. The number of amides is 1. The van der Waals surface area contributed by atoms with Gasteiger partial charge in [0.2, 0.25) is 5.91 Å². The molecule has 0 aromatic heterocycles. The second-order valence-corrected chi connectivity index (χ2v) is 4.94. The number of benzene rings is 1. The van der Waals surface area contributed by atoms with Crippen LogP contribution in [-0.4, -0.2) is 21.5 Å². The summed E-state index contributed by atoms with van der Waals surface area (Å²) in [6, 6.07) is 3.82. The van der Waals surface area contributed by atoms with Gasteiger partial charge in [0.05, 0.1) is 10.5 Å². The summed E-state index contributed by atoms with van der Waals surface area (Å²) < 4.78 is 0. The van der Waals surface area contributed by atoms with Crippen LogP contribution in [-0.2, 0) is 4.79 Å². The zero-order valence-corrected chi connectivity index (χ0v) is 10.4. The number of aromatic hydroxyl groups is 1. The number of hydrogen-bond acceptors (Lipinski definition) is 5. The molecule has 7 heteroatoms. The van der Waals surface area contributed by atoms with E-state index in [9.17, 15) is 20.0 Å². The Bertz CT molecular complexity index is 538. The molecule has 0 spiro atoms. The van der Waals surface area contributed by atoms with E-state index in [4.69, 9.17) is 5.73 Å². The van der Waals surface area contributed by atoms with Crippen molar-refractivity contribution < 1.29 is 14.8 Å². The molecule has 2 rings (SSSR count).